The van der Waals surface area contributed by atoms with Crippen molar-refractivity contribution in [3.63, 3.8) is 0 Å². The maximum Gasteiger partial charge on any atom is 0.292 e. The molecule has 1 aromatic carbocycles. The molecule has 1 saturated heterocycles. The van der Waals surface area contributed by atoms with Crippen LogP contribution in [0.5, 0.6) is 0 Å². The van der Waals surface area contributed by atoms with E-state index in [0.29, 0.717) is 6.54 Å². The first-order valence-electron chi connectivity index (χ1n) is 6.72. The fourth-order valence-corrected chi connectivity index (χ4v) is 2.15. The highest BCUT2D eigenvalue weighted by Gasteiger charge is 2.20. The fraction of sp³-hybridized carbons (Fsp3) is 0.357. The lowest BCUT2D eigenvalue weighted by atomic mass is 10.2. The number of aromatic nitrogens is 2. The minimum atomic E-state index is -0.479. The average Bonchev–Trinajstić information content (AvgIpc) is 3.17. The Kier molecular flexibility index (Phi) is 3.92. The van der Waals surface area contributed by atoms with Crippen molar-refractivity contribution < 1.29 is 18.4 Å². The largest absolute Gasteiger partial charge is 0.376 e. The molecule has 2 heterocycles. The third kappa shape index (κ3) is 3.08. The van der Waals surface area contributed by atoms with Gasteiger partial charge in [-0.1, -0.05) is 17.3 Å². The van der Waals surface area contributed by atoms with Gasteiger partial charge in [-0.05, 0) is 25.0 Å². The lowest BCUT2D eigenvalue weighted by Crippen LogP contribution is -2.32. The molecule has 3 rings (SSSR count). The van der Waals surface area contributed by atoms with Gasteiger partial charge in [0, 0.05) is 13.2 Å². The number of nitrogens with zero attached hydrogens (tertiary/aromatic N) is 2. The second-order valence-corrected chi connectivity index (χ2v) is 4.75. The molecule has 1 aromatic heterocycles. The molecule has 0 aliphatic carbocycles. The molecule has 7 heteroatoms. The van der Waals surface area contributed by atoms with Gasteiger partial charge < -0.3 is 14.6 Å². The van der Waals surface area contributed by atoms with Gasteiger partial charge in [-0.3, -0.25) is 4.79 Å². The first kappa shape index (κ1) is 13.7. The SMILES string of the molecule is O=C(NC[C@H]1CCCO1)c1noc(-c2ccccc2F)n1. The van der Waals surface area contributed by atoms with Crippen LogP contribution in [0.2, 0.25) is 0 Å². The van der Waals surface area contributed by atoms with E-state index in [2.05, 4.69) is 15.5 Å². The average molecular weight is 291 g/mol. The van der Waals surface area contributed by atoms with Crippen molar-refractivity contribution in [1.82, 2.24) is 15.5 Å². The van der Waals surface area contributed by atoms with E-state index in [0.717, 1.165) is 19.4 Å². The highest BCUT2D eigenvalue weighted by atomic mass is 19.1. The second-order valence-electron chi connectivity index (χ2n) is 4.75. The molecule has 1 aliphatic rings. The van der Waals surface area contributed by atoms with E-state index < -0.39 is 11.7 Å². The number of benzene rings is 1. The van der Waals surface area contributed by atoms with E-state index >= 15 is 0 Å². The van der Waals surface area contributed by atoms with Crippen molar-refractivity contribution in [2.45, 2.75) is 18.9 Å². The Labute approximate surface area is 120 Å². The van der Waals surface area contributed by atoms with Gasteiger partial charge in [-0.25, -0.2) is 4.39 Å². The summed E-state index contributed by atoms with van der Waals surface area (Å²) in [6.07, 6.45) is 1.96. The molecule has 1 atom stereocenters. The van der Waals surface area contributed by atoms with Crippen LogP contribution in [0.1, 0.15) is 23.5 Å². The smallest absolute Gasteiger partial charge is 0.292 e. The number of hydrogen-bond acceptors (Lipinski definition) is 5. The first-order valence-corrected chi connectivity index (χ1v) is 6.72. The molecule has 21 heavy (non-hydrogen) atoms. The van der Waals surface area contributed by atoms with Gasteiger partial charge in [0.2, 0.25) is 0 Å². The molecular weight excluding hydrogens is 277 g/mol. The normalized spacial score (nSPS) is 17.9. The number of carbonyl (C=O) groups excluding carboxylic acids is 1. The van der Waals surface area contributed by atoms with E-state index in [4.69, 9.17) is 9.26 Å². The minimum Gasteiger partial charge on any atom is -0.376 e. The van der Waals surface area contributed by atoms with Gasteiger partial charge >= 0.3 is 0 Å². The molecule has 0 unspecified atom stereocenters. The molecule has 1 fully saturated rings. The zero-order valence-corrected chi connectivity index (χ0v) is 11.2. The van der Waals surface area contributed by atoms with Crippen molar-refractivity contribution in [3.8, 4) is 11.5 Å². The lowest BCUT2D eigenvalue weighted by molar-refractivity contribution is 0.0847. The van der Waals surface area contributed by atoms with Crippen LogP contribution in [0.4, 0.5) is 4.39 Å². The lowest BCUT2D eigenvalue weighted by Gasteiger charge is -2.08. The maximum atomic E-state index is 13.6. The number of amides is 1. The van der Waals surface area contributed by atoms with Gasteiger partial charge in [-0.2, -0.15) is 4.98 Å². The minimum absolute atomic E-state index is 0.0182. The maximum absolute atomic E-state index is 13.6. The Bertz CT molecular complexity index is 638. The number of halogens is 1. The summed E-state index contributed by atoms with van der Waals surface area (Å²) in [6, 6.07) is 6.01. The van der Waals surface area contributed by atoms with Crippen LogP contribution in [0.3, 0.4) is 0 Å². The van der Waals surface area contributed by atoms with Gasteiger partial charge in [0.25, 0.3) is 17.6 Å². The van der Waals surface area contributed by atoms with E-state index in [1.165, 1.54) is 12.1 Å². The molecule has 0 spiro atoms. The third-order valence-corrected chi connectivity index (χ3v) is 3.25. The highest BCUT2D eigenvalue weighted by molar-refractivity contribution is 5.90. The summed E-state index contributed by atoms with van der Waals surface area (Å²) in [6.45, 7) is 1.13. The van der Waals surface area contributed by atoms with Gasteiger partial charge in [0.15, 0.2) is 0 Å². The topological polar surface area (TPSA) is 77.2 Å². The Morgan fingerprint density at radius 1 is 1.43 bits per heavy atom. The molecule has 0 bridgehead atoms. The number of hydrogen-bond donors (Lipinski definition) is 1. The zero-order valence-electron chi connectivity index (χ0n) is 11.2. The van der Waals surface area contributed by atoms with E-state index in [-0.39, 0.29) is 23.4 Å². The quantitative estimate of drug-likeness (QED) is 0.929. The van der Waals surface area contributed by atoms with Crippen molar-refractivity contribution >= 4 is 5.91 Å². The number of rotatable bonds is 4. The van der Waals surface area contributed by atoms with E-state index in [9.17, 15) is 9.18 Å². The monoisotopic (exact) mass is 291 g/mol. The standard InChI is InChI=1S/C14H14FN3O3/c15-11-6-2-1-5-10(11)14-17-12(18-21-14)13(19)16-8-9-4-3-7-20-9/h1-2,5-6,9H,3-4,7-8H2,(H,16,19)/t9-/m1/s1. The highest BCUT2D eigenvalue weighted by Crippen LogP contribution is 2.20. The summed E-state index contributed by atoms with van der Waals surface area (Å²) in [5, 5.41) is 6.25. The first-order chi connectivity index (χ1) is 10.2. The van der Waals surface area contributed by atoms with Crippen LogP contribution >= 0.6 is 0 Å². The molecule has 0 radical (unpaired) electrons. The molecule has 1 aliphatic heterocycles. The molecule has 110 valence electrons. The zero-order chi connectivity index (χ0) is 14.7. The summed E-state index contributed by atoms with van der Waals surface area (Å²) in [5.74, 6) is -1.08. The van der Waals surface area contributed by atoms with Crippen molar-refractivity contribution in [2.75, 3.05) is 13.2 Å². The van der Waals surface area contributed by atoms with Gasteiger partial charge in [0.1, 0.15) is 5.82 Å². The Morgan fingerprint density at radius 2 is 2.29 bits per heavy atom. The van der Waals surface area contributed by atoms with Crippen molar-refractivity contribution in [3.05, 3.63) is 35.9 Å². The third-order valence-electron chi connectivity index (χ3n) is 3.25. The molecular formula is C14H14FN3O3. The number of ether oxygens (including phenoxy) is 1. The van der Waals surface area contributed by atoms with E-state index in [1.54, 1.807) is 12.1 Å². The summed E-state index contributed by atoms with van der Waals surface area (Å²) >= 11 is 0. The van der Waals surface area contributed by atoms with Crippen LogP contribution in [0, 0.1) is 5.82 Å². The predicted octanol–water partition coefficient (Wildman–Crippen LogP) is 1.78. The van der Waals surface area contributed by atoms with E-state index in [1.807, 2.05) is 0 Å². The summed E-state index contributed by atoms with van der Waals surface area (Å²) in [4.78, 5) is 15.8. The second kappa shape index (κ2) is 6.01. The predicted molar refractivity (Wildman–Crippen MR) is 71.0 cm³/mol. The summed E-state index contributed by atoms with van der Waals surface area (Å²) in [7, 11) is 0. The molecule has 1 N–H and O–H groups in total. The summed E-state index contributed by atoms with van der Waals surface area (Å²) < 4.78 is 23.9. The Balaban J connectivity index is 1.66. The molecule has 1 amide bonds. The molecule has 2 aromatic rings. The van der Waals surface area contributed by atoms with Crippen LogP contribution in [-0.2, 0) is 4.74 Å². The number of carbonyl (C=O) groups is 1. The Hall–Kier alpha value is -2.28. The fourth-order valence-electron chi connectivity index (χ4n) is 2.15. The number of nitrogens with one attached hydrogen (secondary N) is 1. The summed E-state index contributed by atoms with van der Waals surface area (Å²) in [5.41, 5.74) is 0.170. The van der Waals surface area contributed by atoms with Crippen LogP contribution in [0.25, 0.3) is 11.5 Å². The van der Waals surface area contributed by atoms with Crippen molar-refractivity contribution in [2.24, 2.45) is 0 Å². The van der Waals surface area contributed by atoms with Crippen LogP contribution < -0.4 is 5.32 Å². The van der Waals surface area contributed by atoms with Gasteiger partial charge in [0.05, 0.1) is 11.7 Å². The van der Waals surface area contributed by atoms with Gasteiger partial charge in [-0.15, -0.1) is 0 Å². The molecule has 0 saturated carbocycles. The van der Waals surface area contributed by atoms with Crippen molar-refractivity contribution in [1.29, 1.82) is 0 Å². The van der Waals surface area contributed by atoms with Crippen LogP contribution in [-0.4, -0.2) is 35.3 Å². The van der Waals surface area contributed by atoms with Crippen LogP contribution in [0.15, 0.2) is 28.8 Å². The molecule has 6 nitrogen and oxygen atoms in total. The Morgan fingerprint density at radius 3 is 3.05 bits per heavy atom.